The van der Waals surface area contributed by atoms with Crippen LogP contribution in [0.2, 0.25) is 5.02 Å². The molecule has 0 aliphatic heterocycles. The van der Waals surface area contributed by atoms with Gasteiger partial charge in [0.15, 0.2) is 23.1 Å². The fourth-order valence-corrected chi connectivity index (χ4v) is 6.64. The predicted octanol–water partition coefficient (Wildman–Crippen LogP) is 10.9. The molecule has 0 N–H and O–H groups in total. The molecule has 0 fully saturated rings. The molecule has 0 unspecified atom stereocenters. The number of nitrogens with zero attached hydrogens (tertiary/aromatic N) is 3. The van der Waals surface area contributed by atoms with E-state index in [4.69, 9.17) is 35.4 Å². The molecule has 1 aliphatic carbocycles. The van der Waals surface area contributed by atoms with E-state index in [1.807, 2.05) is 78.9 Å². The second kappa shape index (κ2) is 10.3. The van der Waals surface area contributed by atoms with Gasteiger partial charge in [-0.1, -0.05) is 103 Å². The smallest absolute Gasteiger partial charge is 0.164 e. The van der Waals surface area contributed by atoms with Gasteiger partial charge in [0.25, 0.3) is 0 Å². The molecule has 0 bridgehead atoms. The van der Waals surface area contributed by atoms with Crippen molar-refractivity contribution in [3.8, 4) is 22.8 Å². The van der Waals surface area contributed by atoms with E-state index in [0.29, 0.717) is 28.1 Å². The van der Waals surface area contributed by atoms with Crippen LogP contribution < -0.4 is 0 Å². The van der Waals surface area contributed by atoms with E-state index in [0.717, 1.165) is 79.0 Å². The number of halogens is 1. The summed E-state index contributed by atoms with van der Waals surface area (Å²) < 4.78 is 12.5. The van der Waals surface area contributed by atoms with Crippen LogP contribution in [0.1, 0.15) is 24.2 Å². The van der Waals surface area contributed by atoms with Crippen molar-refractivity contribution in [3.05, 3.63) is 138 Å². The number of aromatic nitrogens is 3. The zero-order valence-corrected chi connectivity index (χ0v) is 24.8. The van der Waals surface area contributed by atoms with Gasteiger partial charge >= 0.3 is 0 Å². The fraction of sp³-hybridized carbons (Fsp3) is 0.0513. The normalized spacial score (nSPS) is 13.5. The third-order valence-corrected chi connectivity index (χ3v) is 8.81. The van der Waals surface area contributed by atoms with Crippen molar-refractivity contribution in [2.45, 2.75) is 12.8 Å². The van der Waals surface area contributed by atoms with Crippen LogP contribution in [-0.2, 0) is 0 Å². The van der Waals surface area contributed by atoms with E-state index in [1.54, 1.807) is 0 Å². The van der Waals surface area contributed by atoms with Gasteiger partial charge in [-0.3, -0.25) is 0 Å². The molecule has 0 amide bonds. The van der Waals surface area contributed by atoms with Crippen LogP contribution in [-0.4, -0.2) is 15.0 Å². The van der Waals surface area contributed by atoms with E-state index in [2.05, 4.69) is 42.5 Å². The highest BCUT2D eigenvalue weighted by atomic mass is 35.5. The Bertz CT molecular complexity index is 2510. The van der Waals surface area contributed by atoms with Crippen molar-refractivity contribution in [2.24, 2.45) is 0 Å². The number of fused-ring (bicyclic) bond motifs is 6. The van der Waals surface area contributed by atoms with Gasteiger partial charge in [-0.15, -0.1) is 0 Å². The lowest BCUT2D eigenvalue weighted by Gasteiger charge is -2.18. The summed E-state index contributed by atoms with van der Waals surface area (Å²) >= 11 is 6.55. The Balaban J connectivity index is 1.28. The Labute approximate surface area is 263 Å². The Morgan fingerprint density at radius 2 is 1.31 bits per heavy atom. The summed E-state index contributed by atoms with van der Waals surface area (Å²) in [7, 11) is 0. The molecular formula is C39H24ClN3O2. The van der Waals surface area contributed by atoms with E-state index in [9.17, 15) is 0 Å². The minimum Gasteiger partial charge on any atom is -0.456 e. The maximum Gasteiger partial charge on any atom is 0.164 e. The summed E-state index contributed by atoms with van der Waals surface area (Å²) in [6.07, 6.45) is 6.08. The molecule has 3 aromatic heterocycles. The summed E-state index contributed by atoms with van der Waals surface area (Å²) in [5.74, 6) is 1.83. The van der Waals surface area contributed by atoms with Crippen LogP contribution in [0.4, 0.5) is 0 Å². The number of para-hydroxylation sites is 2. The molecule has 5 nitrogen and oxygen atoms in total. The van der Waals surface area contributed by atoms with Crippen LogP contribution in [0, 0.1) is 0 Å². The zero-order chi connectivity index (χ0) is 29.9. The first-order valence-corrected chi connectivity index (χ1v) is 15.3. The zero-order valence-electron chi connectivity index (χ0n) is 24.0. The first kappa shape index (κ1) is 25.9. The van der Waals surface area contributed by atoms with Gasteiger partial charge in [0.05, 0.1) is 5.02 Å². The largest absolute Gasteiger partial charge is 0.456 e. The van der Waals surface area contributed by atoms with Crippen LogP contribution in [0.3, 0.4) is 0 Å². The van der Waals surface area contributed by atoms with E-state index in [1.165, 1.54) is 0 Å². The standard InChI is InChI=1S/C39H24ClN3O2/c40-31-17-8-16-30-35-28(15-9-19-33(35)45-36(30)31)25-12-4-5-14-29(25)39-42-37(23-10-2-1-3-11-23)41-38(43-39)24-20-21-27-26-13-6-7-18-32(26)44-34(27)22-24/h1-3,5-11,13-22H,4,12H2. The monoisotopic (exact) mass is 601 g/mol. The second-order valence-electron chi connectivity index (χ2n) is 11.2. The number of allylic oxidation sites excluding steroid dienone is 4. The molecule has 8 aromatic rings. The summed E-state index contributed by atoms with van der Waals surface area (Å²) in [5, 5.41) is 4.79. The number of furan rings is 2. The number of hydrogen-bond donors (Lipinski definition) is 0. The van der Waals surface area contributed by atoms with Crippen molar-refractivity contribution < 1.29 is 8.83 Å². The molecule has 5 aromatic carbocycles. The molecular weight excluding hydrogens is 578 g/mol. The highest BCUT2D eigenvalue weighted by Crippen LogP contribution is 2.42. The SMILES string of the molecule is Clc1cccc2c1oc1cccc(C3=C(c4nc(-c5ccccc5)nc(-c5ccc6c(c5)oc5ccccc56)n4)C=CCC3)c12. The minimum atomic E-state index is 0.589. The van der Waals surface area contributed by atoms with Crippen molar-refractivity contribution in [2.75, 3.05) is 0 Å². The van der Waals surface area contributed by atoms with Crippen molar-refractivity contribution in [3.63, 3.8) is 0 Å². The van der Waals surface area contributed by atoms with Gasteiger partial charge in [-0.05, 0) is 54.3 Å². The Morgan fingerprint density at radius 1 is 0.578 bits per heavy atom. The van der Waals surface area contributed by atoms with Gasteiger partial charge in [-0.25, -0.2) is 15.0 Å². The molecule has 45 heavy (non-hydrogen) atoms. The topological polar surface area (TPSA) is 65.0 Å². The lowest BCUT2D eigenvalue weighted by molar-refractivity contribution is 0.668. The van der Waals surface area contributed by atoms with Crippen LogP contribution >= 0.6 is 11.6 Å². The number of rotatable bonds is 4. The summed E-state index contributed by atoms with van der Waals surface area (Å²) in [6, 6.07) is 36.4. The Morgan fingerprint density at radius 3 is 2.22 bits per heavy atom. The quantitative estimate of drug-likeness (QED) is 0.201. The summed E-state index contributed by atoms with van der Waals surface area (Å²) in [6.45, 7) is 0. The average molecular weight is 602 g/mol. The molecule has 0 spiro atoms. The molecule has 0 saturated heterocycles. The second-order valence-corrected chi connectivity index (χ2v) is 11.6. The van der Waals surface area contributed by atoms with Gasteiger partial charge in [0.2, 0.25) is 0 Å². The van der Waals surface area contributed by atoms with Gasteiger partial charge in [0.1, 0.15) is 16.7 Å². The van der Waals surface area contributed by atoms with Crippen molar-refractivity contribution in [1.29, 1.82) is 0 Å². The molecule has 214 valence electrons. The molecule has 0 radical (unpaired) electrons. The van der Waals surface area contributed by atoms with Gasteiger partial charge < -0.3 is 8.83 Å². The first-order chi connectivity index (χ1) is 22.2. The van der Waals surface area contributed by atoms with E-state index < -0.39 is 0 Å². The van der Waals surface area contributed by atoms with E-state index >= 15 is 0 Å². The molecule has 0 saturated carbocycles. The first-order valence-electron chi connectivity index (χ1n) is 14.9. The average Bonchev–Trinajstić information content (AvgIpc) is 3.67. The van der Waals surface area contributed by atoms with Crippen molar-refractivity contribution in [1.82, 2.24) is 15.0 Å². The summed E-state index contributed by atoms with van der Waals surface area (Å²) in [4.78, 5) is 15.2. The molecule has 9 rings (SSSR count). The maximum atomic E-state index is 6.55. The molecule has 0 atom stereocenters. The Hall–Kier alpha value is -5.52. The predicted molar refractivity (Wildman–Crippen MR) is 182 cm³/mol. The molecule has 6 heteroatoms. The van der Waals surface area contributed by atoms with Gasteiger partial charge in [0, 0.05) is 38.2 Å². The maximum absolute atomic E-state index is 6.55. The van der Waals surface area contributed by atoms with Crippen LogP contribution in [0.25, 0.3) is 77.8 Å². The van der Waals surface area contributed by atoms with E-state index in [-0.39, 0.29) is 0 Å². The van der Waals surface area contributed by atoms with Crippen molar-refractivity contribution >= 4 is 66.6 Å². The Kier molecular flexibility index (Phi) is 5.93. The highest BCUT2D eigenvalue weighted by molar-refractivity contribution is 6.36. The lowest BCUT2D eigenvalue weighted by atomic mass is 9.88. The fourth-order valence-electron chi connectivity index (χ4n) is 6.43. The highest BCUT2D eigenvalue weighted by Gasteiger charge is 2.22. The van der Waals surface area contributed by atoms with Crippen LogP contribution in [0.5, 0.6) is 0 Å². The minimum absolute atomic E-state index is 0.589. The van der Waals surface area contributed by atoms with Gasteiger partial charge in [-0.2, -0.15) is 0 Å². The molecule has 1 aliphatic rings. The van der Waals surface area contributed by atoms with Crippen LogP contribution in [0.15, 0.2) is 130 Å². The summed E-state index contributed by atoms with van der Waals surface area (Å²) in [5.41, 5.74) is 8.17. The number of hydrogen-bond acceptors (Lipinski definition) is 5. The molecule has 3 heterocycles. The third-order valence-electron chi connectivity index (χ3n) is 8.52. The number of benzene rings is 5. The third kappa shape index (κ3) is 4.27. The lowest BCUT2D eigenvalue weighted by Crippen LogP contribution is -2.05.